The van der Waals surface area contributed by atoms with Gasteiger partial charge in [-0.05, 0) is 24.6 Å². The Bertz CT molecular complexity index is 323. The molecule has 0 saturated heterocycles. The van der Waals surface area contributed by atoms with E-state index in [9.17, 15) is 0 Å². The minimum absolute atomic E-state index is 0.226. The molecule has 0 radical (unpaired) electrons. The molecule has 3 heteroatoms. The maximum atomic E-state index is 5.88. The first-order valence-corrected chi connectivity index (χ1v) is 5.17. The smallest absolute Gasteiger partial charge is 0.0409 e. The predicted octanol–water partition coefficient (Wildman–Crippen LogP) is 3.74. The molecule has 76 valence electrons. The third kappa shape index (κ3) is 3.70. The van der Waals surface area contributed by atoms with Crippen LogP contribution in [0.15, 0.2) is 35.9 Å². The van der Waals surface area contributed by atoms with E-state index in [-0.39, 0.29) is 6.04 Å². The Morgan fingerprint density at radius 3 is 2.86 bits per heavy atom. The highest BCUT2D eigenvalue weighted by molar-refractivity contribution is 6.30. The molecule has 1 rings (SSSR count). The van der Waals surface area contributed by atoms with Crippen LogP contribution in [0.2, 0.25) is 5.02 Å². The van der Waals surface area contributed by atoms with Gasteiger partial charge >= 0.3 is 0 Å². The zero-order chi connectivity index (χ0) is 10.6. The van der Waals surface area contributed by atoms with Gasteiger partial charge < -0.3 is 5.32 Å². The van der Waals surface area contributed by atoms with Crippen molar-refractivity contribution in [3.05, 3.63) is 46.5 Å². The Labute approximate surface area is 94.7 Å². The Kier molecular flexibility index (Phi) is 4.46. The third-order valence-corrected chi connectivity index (χ3v) is 2.32. The Morgan fingerprint density at radius 1 is 1.57 bits per heavy atom. The maximum absolute atomic E-state index is 5.88. The van der Waals surface area contributed by atoms with E-state index in [1.54, 1.807) is 0 Å². The van der Waals surface area contributed by atoms with Crippen LogP contribution in [0, 0.1) is 0 Å². The normalized spacial score (nSPS) is 12.5. The van der Waals surface area contributed by atoms with Crippen molar-refractivity contribution in [3.63, 3.8) is 0 Å². The van der Waals surface area contributed by atoms with Gasteiger partial charge in [0.2, 0.25) is 0 Å². The molecule has 0 saturated carbocycles. The predicted molar refractivity (Wildman–Crippen MR) is 62.9 cm³/mol. The number of hydrogen-bond acceptors (Lipinski definition) is 1. The van der Waals surface area contributed by atoms with Crippen molar-refractivity contribution in [1.29, 1.82) is 0 Å². The molecule has 1 nitrogen and oxygen atoms in total. The van der Waals surface area contributed by atoms with Crippen LogP contribution in [0.5, 0.6) is 0 Å². The van der Waals surface area contributed by atoms with Crippen molar-refractivity contribution in [3.8, 4) is 0 Å². The highest BCUT2D eigenvalue weighted by atomic mass is 35.5. The monoisotopic (exact) mass is 229 g/mol. The largest absolute Gasteiger partial charge is 0.305 e. The summed E-state index contributed by atoms with van der Waals surface area (Å²) in [6.07, 6.45) is 0. The third-order valence-electron chi connectivity index (χ3n) is 1.95. The Balaban J connectivity index is 2.60. The molecule has 0 heterocycles. The molecule has 0 aliphatic heterocycles. The van der Waals surface area contributed by atoms with Crippen LogP contribution in [0.3, 0.4) is 0 Å². The van der Waals surface area contributed by atoms with Gasteiger partial charge in [0, 0.05) is 22.6 Å². The molecular weight excluding hydrogens is 217 g/mol. The van der Waals surface area contributed by atoms with Gasteiger partial charge in [-0.15, -0.1) is 0 Å². The second kappa shape index (κ2) is 5.40. The standard InChI is InChI=1S/C11H13Cl2N/c1-8(12)7-14-9(2)10-4-3-5-11(13)6-10/h3-6,9,14H,1,7H2,2H3/t9-/m0/s1. The number of halogens is 2. The van der Waals surface area contributed by atoms with E-state index < -0.39 is 0 Å². The minimum atomic E-state index is 0.226. The number of nitrogens with one attached hydrogen (secondary N) is 1. The summed E-state index contributed by atoms with van der Waals surface area (Å²) < 4.78 is 0. The van der Waals surface area contributed by atoms with Crippen LogP contribution in [-0.4, -0.2) is 6.54 Å². The molecule has 0 fully saturated rings. The molecule has 0 bridgehead atoms. The molecule has 0 aromatic heterocycles. The minimum Gasteiger partial charge on any atom is -0.305 e. The Morgan fingerprint density at radius 2 is 2.29 bits per heavy atom. The first kappa shape index (κ1) is 11.6. The van der Waals surface area contributed by atoms with E-state index in [1.165, 1.54) is 0 Å². The van der Waals surface area contributed by atoms with Crippen molar-refractivity contribution >= 4 is 23.2 Å². The lowest BCUT2D eigenvalue weighted by Crippen LogP contribution is -2.19. The van der Waals surface area contributed by atoms with Gasteiger partial charge in [-0.1, -0.05) is 41.9 Å². The van der Waals surface area contributed by atoms with E-state index in [0.29, 0.717) is 11.6 Å². The lowest BCUT2D eigenvalue weighted by molar-refractivity contribution is 0.614. The zero-order valence-corrected chi connectivity index (χ0v) is 9.57. The quantitative estimate of drug-likeness (QED) is 0.830. The number of benzene rings is 1. The number of hydrogen-bond donors (Lipinski definition) is 1. The molecule has 14 heavy (non-hydrogen) atoms. The summed E-state index contributed by atoms with van der Waals surface area (Å²) in [6, 6.07) is 7.99. The summed E-state index contributed by atoms with van der Waals surface area (Å²) in [5.74, 6) is 0. The van der Waals surface area contributed by atoms with Gasteiger partial charge in [0.15, 0.2) is 0 Å². The fourth-order valence-electron chi connectivity index (χ4n) is 1.16. The molecule has 0 aliphatic rings. The SMILES string of the molecule is C=C(Cl)CN[C@@H](C)c1cccc(Cl)c1. The summed E-state index contributed by atoms with van der Waals surface area (Å²) >= 11 is 11.5. The van der Waals surface area contributed by atoms with E-state index in [0.717, 1.165) is 10.6 Å². The van der Waals surface area contributed by atoms with Crippen LogP contribution in [0.1, 0.15) is 18.5 Å². The van der Waals surface area contributed by atoms with Gasteiger partial charge in [0.25, 0.3) is 0 Å². The molecule has 1 aromatic rings. The van der Waals surface area contributed by atoms with Crippen molar-refractivity contribution in [1.82, 2.24) is 5.32 Å². The van der Waals surface area contributed by atoms with E-state index in [4.69, 9.17) is 23.2 Å². The maximum Gasteiger partial charge on any atom is 0.0409 e. The van der Waals surface area contributed by atoms with Gasteiger partial charge in [0.05, 0.1) is 0 Å². The first-order chi connectivity index (χ1) is 6.59. The van der Waals surface area contributed by atoms with E-state index in [1.807, 2.05) is 24.3 Å². The second-order valence-corrected chi connectivity index (χ2v) is 4.15. The van der Waals surface area contributed by atoms with Crippen LogP contribution < -0.4 is 5.32 Å². The summed E-state index contributed by atoms with van der Waals surface area (Å²) in [6.45, 7) is 6.28. The molecular formula is C11H13Cl2N. The highest BCUT2D eigenvalue weighted by Crippen LogP contribution is 2.17. The molecule has 0 unspecified atom stereocenters. The second-order valence-electron chi connectivity index (χ2n) is 3.17. The van der Waals surface area contributed by atoms with Gasteiger partial charge in [-0.3, -0.25) is 0 Å². The van der Waals surface area contributed by atoms with E-state index >= 15 is 0 Å². The molecule has 1 N–H and O–H groups in total. The Hall–Kier alpha value is -0.500. The van der Waals surface area contributed by atoms with Crippen LogP contribution >= 0.6 is 23.2 Å². The molecule has 0 amide bonds. The zero-order valence-electron chi connectivity index (χ0n) is 8.06. The molecule has 1 atom stereocenters. The van der Waals surface area contributed by atoms with Crippen LogP contribution in [0.4, 0.5) is 0 Å². The lowest BCUT2D eigenvalue weighted by atomic mass is 10.1. The summed E-state index contributed by atoms with van der Waals surface area (Å²) in [5.41, 5.74) is 1.15. The fourth-order valence-corrected chi connectivity index (χ4v) is 1.43. The topological polar surface area (TPSA) is 12.0 Å². The summed E-state index contributed by atoms with van der Waals surface area (Å²) in [5, 5.41) is 4.60. The summed E-state index contributed by atoms with van der Waals surface area (Å²) in [4.78, 5) is 0. The summed E-state index contributed by atoms with van der Waals surface area (Å²) in [7, 11) is 0. The van der Waals surface area contributed by atoms with Gasteiger partial charge in [-0.25, -0.2) is 0 Å². The van der Waals surface area contributed by atoms with E-state index in [2.05, 4.69) is 18.8 Å². The fraction of sp³-hybridized carbons (Fsp3) is 0.273. The molecule has 0 aliphatic carbocycles. The lowest BCUT2D eigenvalue weighted by Gasteiger charge is -2.13. The van der Waals surface area contributed by atoms with Crippen LogP contribution in [0.25, 0.3) is 0 Å². The van der Waals surface area contributed by atoms with Crippen molar-refractivity contribution in [2.45, 2.75) is 13.0 Å². The first-order valence-electron chi connectivity index (χ1n) is 4.41. The van der Waals surface area contributed by atoms with Gasteiger partial charge in [-0.2, -0.15) is 0 Å². The van der Waals surface area contributed by atoms with Crippen LogP contribution in [-0.2, 0) is 0 Å². The molecule has 0 spiro atoms. The highest BCUT2D eigenvalue weighted by Gasteiger charge is 2.04. The van der Waals surface area contributed by atoms with Crippen molar-refractivity contribution in [2.24, 2.45) is 0 Å². The van der Waals surface area contributed by atoms with Crippen molar-refractivity contribution in [2.75, 3.05) is 6.54 Å². The molecule has 1 aromatic carbocycles. The van der Waals surface area contributed by atoms with Gasteiger partial charge in [0.1, 0.15) is 0 Å². The average Bonchev–Trinajstić information content (AvgIpc) is 2.14. The van der Waals surface area contributed by atoms with Crippen molar-refractivity contribution < 1.29 is 0 Å². The average molecular weight is 230 g/mol. The number of rotatable bonds is 4.